The Morgan fingerprint density at radius 2 is 1.62 bits per heavy atom. The van der Waals surface area contributed by atoms with Crippen LogP contribution in [0, 0.1) is 0 Å². The van der Waals surface area contributed by atoms with Gasteiger partial charge < -0.3 is 11.1 Å². The van der Waals surface area contributed by atoms with Crippen molar-refractivity contribution >= 4 is 29.5 Å². The monoisotopic (exact) mass is 509 g/mol. The number of pyridine rings is 1. The van der Waals surface area contributed by atoms with Crippen molar-refractivity contribution in [3.63, 3.8) is 0 Å². The van der Waals surface area contributed by atoms with E-state index in [1.807, 2.05) is 48.5 Å². The number of carbonyl (C=O) groups is 1. The van der Waals surface area contributed by atoms with Gasteiger partial charge in [0.2, 0.25) is 0 Å². The maximum Gasteiger partial charge on any atom is 0.251 e. The molecule has 1 fully saturated rings. The first-order valence-electron chi connectivity index (χ1n) is 12.2. The summed E-state index contributed by atoms with van der Waals surface area (Å²) in [7, 11) is 1.63. The van der Waals surface area contributed by atoms with Crippen LogP contribution in [0.5, 0.6) is 0 Å². The fourth-order valence-electron chi connectivity index (χ4n) is 4.90. The molecular weight excluding hydrogens is 482 g/mol. The van der Waals surface area contributed by atoms with Crippen molar-refractivity contribution < 1.29 is 4.79 Å². The lowest BCUT2D eigenvalue weighted by molar-refractivity contribution is 0.0963. The van der Waals surface area contributed by atoms with Gasteiger partial charge in [-0.1, -0.05) is 54.6 Å². The van der Waals surface area contributed by atoms with E-state index in [0.29, 0.717) is 5.56 Å². The Hall–Kier alpha value is -4.00. The molecule has 1 amide bonds. The van der Waals surface area contributed by atoms with Gasteiger partial charge >= 0.3 is 0 Å². The fraction of sp³-hybridized carbons (Fsp3) is 0.167. The number of imidazole rings is 1. The van der Waals surface area contributed by atoms with Crippen LogP contribution in [-0.4, -0.2) is 27.5 Å². The highest BCUT2D eigenvalue weighted by atomic mass is 35.5. The van der Waals surface area contributed by atoms with Gasteiger partial charge in [0.1, 0.15) is 11.3 Å². The van der Waals surface area contributed by atoms with Gasteiger partial charge in [0.25, 0.3) is 5.91 Å². The number of carbonyl (C=O) groups excluding carboxylic acids is 1. The molecule has 1 saturated carbocycles. The molecule has 2 aromatic heterocycles. The molecule has 0 radical (unpaired) electrons. The average Bonchev–Trinajstić information content (AvgIpc) is 3.31. The second kappa shape index (κ2) is 9.81. The minimum absolute atomic E-state index is 0. The number of fused-ring (bicyclic) bond motifs is 1. The summed E-state index contributed by atoms with van der Waals surface area (Å²) >= 11 is 0. The Morgan fingerprint density at radius 1 is 0.892 bits per heavy atom. The summed E-state index contributed by atoms with van der Waals surface area (Å²) in [6.45, 7) is 0. The number of amides is 1. The number of halogens is 1. The molecule has 3 aromatic carbocycles. The number of rotatable bonds is 5. The molecule has 1 aliphatic carbocycles. The highest BCUT2D eigenvalue weighted by Gasteiger charge is 2.34. The summed E-state index contributed by atoms with van der Waals surface area (Å²) in [6.07, 6.45) is 3.22. The predicted octanol–water partition coefficient (Wildman–Crippen LogP) is 5.87. The third-order valence-electron chi connectivity index (χ3n) is 7.13. The third-order valence-corrected chi connectivity index (χ3v) is 7.13. The molecule has 0 unspecified atom stereocenters. The van der Waals surface area contributed by atoms with Gasteiger partial charge in [0.05, 0.1) is 5.69 Å². The molecule has 1 aliphatic rings. The van der Waals surface area contributed by atoms with E-state index >= 15 is 0 Å². The zero-order chi connectivity index (χ0) is 24.7. The molecule has 0 spiro atoms. The lowest BCUT2D eigenvalue weighted by Crippen LogP contribution is -2.43. The lowest BCUT2D eigenvalue weighted by Gasteiger charge is -2.38. The van der Waals surface area contributed by atoms with Crippen molar-refractivity contribution in [1.82, 2.24) is 19.9 Å². The Labute approximate surface area is 222 Å². The van der Waals surface area contributed by atoms with Gasteiger partial charge in [0, 0.05) is 35.0 Å². The quantitative estimate of drug-likeness (QED) is 0.310. The molecule has 0 bridgehead atoms. The number of nitrogens with one attached hydrogen (secondary N) is 1. The summed E-state index contributed by atoms with van der Waals surface area (Å²) < 4.78 is 2.10. The van der Waals surface area contributed by atoms with Crippen molar-refractivity contribution in [2.45, 2.75) is 24.8 Å². The van der Waals surface area contributed by atoms with Crippen LogP contribution in [0.15, 0.2) is 91.0 Å². The van der Waals surface area contributed by atoms with E-state index < -0.39 is 0 Å². The van der Waals surface area contributed by atoms with Crippen molar-refractivity contribution in [2.24, 2.45) is 5.73 Å². The number of benzene rings is 3. The highest BCUT2D eigenvalue weighted by Crippen LogP contribution is 2.39. The maximum atomic E-state index is 12.2. The van der Waals surface area contributed by atoms with Gasteiger partial charge in [-0.25, -0.2) is 9.97 Å². The molecule has 0 aliphatic heterocycles. The topological polar surface area (TPSA) is 85.8 Å². The SMILES string of the molecule is CNC(=O)c1cccc(-c2ccc3nc(-c4ccccc4)n(-c4ccc(C5(N)CCC5)cc4)c3n2)c1.Cl. The normalized spacial score (nSPS) is 14.0. The van der Waals surface area contributed by atoms with Crippen LogP contribution in [-0.2, 0) is 5.54 Å². The summed E-state index contributed by atoms with van der Waals surface area (Å²) in [5.41, 5.74) is 13.3. The predicted molar refractivity (Wildman–Crippen MR) is 150 cm³/mol. The van der Waals surface area contributed by atoms with E-state index in [9.17, 15) is 4.79 Å². The largest absolute Gasteiger partial charge is 0.355 e. The van der Waals surface area contributed by atoms with Gasteiger partial charge in [0.15, 0.2) is 5.65 Å². The molecule has 0 saturated heterocycles. The third kappa shape index (κ3) is 4.39. The standard InChI is InChI=1S/C30H27N5O.ClH/c1-32-29(36)22-10-5-9-21(19-22)25-15-16-26-28(33-25)35(27(34-26)20-7-3-2-4-8-20)24-13-11-23(12-14-24)30(31)17-6-18-30;/h2-5,7-16,19H,6,17-18,31H2,1H3,(H,32,36);1H. The number of hydrogen-bond acceptors (Lipinski definition) is 4. The molecule has 6 nitrogen and oxygen atoms in total. The number of nitrogens with zero attached hydrogens (tertiary/aromatic N) is 3. The fourth-order valence-corrected chi connectivity index (χ4v) is 4.90. The smallest absolute Gasteiger partial charge is 0.251 e. The van der Waals surface area contributed by atoms with Crippen LogP contribution in [0.2, 0.25) is 0 Å². The Bertz CT molecular complexity index is 1570. The van der Waals surface area contributed by atoms with E-state index in [1.165, 1.54) is 12.0 Å². The maximum absolute atomic E-state index is 12.2. The number of hydrogen-bond donors (Lipinski definition) is 2. The number of nitrogens with two attached hydrogens (primary N) is 1. The van der Waals surface area contributed by atoms with Crippen molar-refractivity contribution in [2.75, 3.05) is 7.05 Å². The first-order valence-corrected chi connectivity index (χ1v) is 12.2. The first-order chi connectivity index (χ1) is 17.6. The van der Waals surface area contributed by atoms with Gasteiger partial charge in [-0.15, -0.1) is 12.4 Å². The van der Waals surface area contributed by atoms with Crippen LogP contribution in [0.3, 0.4) is 0 Å². The molecule has 5 aromatic rings. The zero-order valence-corrected chi connectivity index (χ0v) is 21.3. The minimum Gasteiger partial charge on any atom is -0.355 e. The van der Waals surface area contributed by atoms with Crippen molar-refractivity contribution in [3.8, 4) is 28.3 Å². The summed E-state index contributed by atoms with van der Waals surface area (Å²) in [4.78, 5) is 22.2. The zero-order valence-electron chi connectivity index (χ0n) is 20.5. The Balaban J connectivity index is 0.00000280. The van der Waals surface area contributed by atoms with Gasteiger partial charge in [-0.3, -0.25) is 9.36 Å². The first kappa shape index (κ1) is 24.7. The average molecular weight is 510 g/mol. The van der Waals surface area contributed by atoms with Crippen LogP contribution in [0.4, 0.5) is 0 Å². The summed E-state index contributed by atoms with van der Waals surface area (Å²) in [5.74, 6) is 0.701. The van der Waals surface area contributed by atoms with Crippen LogP contribution >= 0.6 is 12.4 Å². The van der Waals surface area contributed by atoms with Crippen LogP contribution < -0.4 is 11.1 Å². The highest BCUT2D eigenvalue weighted by molar-refractivity contribution is 5.95. The summed E-state index contributed by atoms with van der Waals surface area (Å²) in [6, 6.07) is 30.1. The molecule has 186 valence electrons. The Morgan fingerprint density at radius 3 is 2.30 bits per heavy atom. The molecular formula is C30H28ClN5O. The molecule has 6 rings (SSSR count). The van der Waals surface area contributed by atoms with Gasteiger partial charge in [-0.2, -0.15) is 0 Å². The summed E-state index contributed by atoms with van der Waals surface area (Å²) in [5, 5.41) is 2.68. The molecule has 3 N–H and O–H groups in total. The molecule has 37 heavy (non-hydrogen) atoms. The van der Waals surface area contributed by atoms with E-state index in [4.69, 9.17) is 15.7 Å². The second-order valence-corrected chi connectivity index (χ2v) is 9.39. The van der Waals surface area contributed by atoms with Crippen LogP contribution in [0.1, 0.15) is 35.2 Å². The number of aromatic nitrogens is 3. The van der Waals surface area contributed by atoms with Crippen molar-refractivity contribution in [1.29, 1.82) is 0 Å². The van der Waals surface area contributed by atoms with E-state index in [1.54, 1.807) is 13.1 Å². The molecule has 0 atom stereocenters. The second-order valence-electron chi connectivity index (χ2n) is 9.39. The van der Waals surface area contributed by atoms with Gasteiger partial charge in [-0.05, 0) is 61.2 Å². The molecule has 2 heterocycles. The minimum atomic E-state index is -0.209. The van der Waals surface area contributed by atoms with Crippen molar-refractivity contribution in [3.05, 3.63) is 102 Å². The van der Waals surface area contributed by atoms with E-state index in [-0.39, 0.29) is 23.9 Å². The van der Waals surface area contributed by atoms with Crippen LogP contribution in [0.25, 0.3) is 39.5 Å². The van der Waals surface area contributed by atoms with E-state index in [0.717, 1.165) is 52.3 Å². The lowest BCUT2D eigenvalue weighted by atomic mass is 9.73. The Kier molecular flexibility index (Phi) is 6.54. The molecule has 7 heteroatoms. The van der Waals surface area contributed by atoms with E-state index in [2.05, 4.69) is 46.3 Å².